The minimum absolute atomic E-state index is 0.378. The van der Waals surface area contributed by atoms with E-state index in [0.29, 0.717) is 22.9 Å². The summed E-state index contributed by atoms with van der Waals surface area (Å²) in [6.45, 7) is 0. The van der Waals surface area contributed by atoms with Gasteiger partial charge in [0.05, 0.1) is 11.4 Å². The van der Waals surface area contributed by atoms with Gasteiger partial charge in [-0.05, 0) is 89.5 Å². The molecule has 2 aliphatic carbocycles. The zero-order valence-electron chi connectivity index (χ0n) is 33.8. The monoisotopic (exact) mass is 785 g/mol. The Labute approximate surface area is 357 Å². The third-order valence-electron chi connectivity index (χ3n) is 12.8. The van der Waals surface area contributed by atoms with Crippen molar-refractivity contribution < 1.29 is 0 Å². The molecular weight excluding hydrogens is 743 g/mol. The molecule has 5 heteroatoms. The molecule has 0 spiro atoms. The first-order valence-corrected chi connectivity index (χ1v) is 21.4. The number of benzene rings is 7. The van der Waals surface area contributed by atoms with E-state index in [2.05, 4.69) is 140 Å². The van der Waals surface area contributed by atoms with Crippen LogP contribution in [0.3, 0.4) is 0 Å². The Kier molecular flexibility index (Phi) is 9.42. The van der Waals surface area contributed by atoms with Gasteiger partial charge >= 0.3 is 0 Å². The van der Waals surface area contributed by atoms with Crippen LogP contribution in [0.4, 0.5) is 0 Å². The lowest BCUT2D eigenvalue weighted by Gasteiger charge is -2.27. The number of nitrogens with zero attached hydrogens (tertiary/aromatic N) is 5. The van der Waals surface area contributed by atoms with Crippen molar-refractivity contribution in [1.29, 1.82) is 0 Å². The highest BCUT2D eigenvalue weighted by atomic mass is 15.0. The van der Waals surface area contributed by atoms with Crippen molar-refractivity contribution in [1.82, 2.24) is 24.9 Å². The third kappa shape index (κ3) is 7.33. The average molecular weight is 786 g/mol. The van der Waals surface area contributed by atoms with Crippen LogP contribution in [0, 0.1) is 5.92 Å². The van der Waals surface area contributed by atoms with Crippen LogP contribution in [-0.4, -0.2) is 24.9 Å². The van der Waals surface area contributed by atoms with Gasteiger partial charge in [0.2, 0.25) is 0 Å². The van der Waals surface area contributed by atoms with Crippen LogP contribution in [0.2, 0.25) is 0 Å². The van der Waals surface area contributed by atoms with Crippen LogP contribution in [0.5, 0.6) is 0 Å². The summed E-state index contributed by atoms with van der Waals surface area (Å²) in [5.41, 5.74) is 14.1. The molecule has 0 amide bonds. The predicted octanol–water partition coefficient (Wildman–Crippen LogP) is 13.8. The van der Waals surface area contributed by atoms with Gasteiger partial charge < -0.3 is 0 Å². The Morgan fingerprint density at radius 1 is 0.311 bits per heavy atom. The summed E-state index contributed by atoms with van der Waals surface area (Å²) in [4.78, 5) is 25.3. The first-order chi connectivity index (χ1) is 30.1. The Morgan fingerprint density at radius 2 is 0.705 bits per heavy atom. The predicted molar refractivity (Wildman–Crippen MR) is 247 cm³/mol. The molecule has 0 N–H and O–H groups in total. The van der Waals surface area contributed by atoms with Crippen LogP contribution < -0.4 is 0 Å². The fraction of sp³-hybridized carbons (Fsp3) is 0.125. The Balaban J connectivity index is 0.927. The van der Waals surface area contributed by atoms with Gasteiger partial charge in [-0.15, -0.1) is 0 Å². The van der Waals surface area contributed by atoms with Gasteiger partial charge in [0, 0.05) is 33.4 Å². The molecule has 2 bridgehead atoms. The molecule has 2 aliphatic rings. The molecule has 292 valence electrons. The number of rotatable bonds is 9. The van der Waals surface area contributed by atoms with E-state index in [-0.39, 0.29) is 0 Å². The summed E-state index contributed by atoms with van der Waals surface area (Å²) in [7, 11) is 0. The van der Waals surface area contributed by atoms with Crippen LogP contribution in [0.25, 0.3) is 90.3 Å². The molecule has 2 aromatic heterocycles. The second kappa shape index (κ2) is 15.7. The third-order valence-corrected chi connectivity index (χ3v) is 12.8. The molecule has 2 fully saturated rings. The Bertz CT molecular complexity index is 2970. The molecule has 0 atom stereocenters. The molecule has 0 radical (unpaired) electrons. The number of hydrogen-bond donors (Lipinski definition) is 0. The second-order valence-electron chi connectivity index (χ2n) is 16.6. The largest absolute Gasteiger partial charge is 0.228 e. The van der Waals surface area contributed by atoms with Gasteiger partial charge in [-0.1, -0.05) is 176 Å². The molecule has 7 aromatic carbocycles. The number of fused-ring (bicyclic) bond motifs is 2. The van der Waals surface area contributed by atoms with Gasteiger partial charge in [0.1, 0.15) is 0 Å². The SMILES string of the molecule is c1ccc(-c2cccc(-c3nc(-c4ccccc4)nc(-c4ccc(-c5cccc(-c6cc(-c7ccc(C89CCC(CC8)C9)cc7)nc(-c7ccccc7)n6)c5)cc4)n3)c2)cc1. The average Bonchev–Trinajstić information content (AvgIpc) is 3.98. The Morgan fingerprint density at radius 3 is 1.26 bits per heavy atom. The van der Waals surface area contributed by atoms with E-state index in [1.165, 1.54) is 37.7 Å². The van der Waals surface area contributed by atoms with E-state index >= 15 is 0 Å². The van der Waals surface area contributed by atoms with Crippen LogP contribution in [0.1, 0.15) is 37.7 Å². The maximum Gasteiger partial charge on any atom is 0.164 e. The lowest BCUT2D eigenvalue weighted by Crippen LogP contribution is -2.19. The molecular formula is C56H43N5. The molecule has 2 heterocycles. The lowest BCUT2D eigenvalue weighted by atomic mass is 9.77. The molecule has 2 saturated carbocycles. The first-order valence-electron chi connectivity index (χ1n) is 21.4. The van der Waals surface area contributed by atoms with Crippen molar-refractivity contribution in [3.63, 3.8) is 0 Å². The second-order valence-corrected chi connectivity index (χ2v) is 16.6. The van der Waals surface area contributed by atoms with Crippen molar-refractivity contribution in [2.24, 2.45) is 5.92 Å². The highest BCUT2D eigenvalue weighted by Gasteiger charge is 2.45. The van der Waals surface area contributed by atoms with Crippen LogP contribution >= 0.6 is 0 Å². The summed E-state index contributed by atoms with van der Waals surface area (Å²) in [5.74, 6) is 3.53. The molecule has 61 heavy (non-hydrogen) atoms. The van der Waals surface area contributed by atoms with E-state index in [9.17, 15) is 0 Å². The van der Waals surface area contributed by atoms with Crippen molar-refractivity contribution in [2.75, 3.05) is 0 Å². The van der Waals surface area contributed by atoms with Crippen molar-refractivity contribution in [2.45, 2.75) is 37.5 Å². The summed E-state index contributed by atoms with van der Waals surface area (Å²) in [6, 6.07) is 67.7. The Hall–Kier alpha value is -7.37. The fourth-order valence-corrected chi connectivity index (χ4v) is 9.54. The van der Waals surface area contributed by atoms with Crippen LogP contribution in [-0.2, 0) is 5.41 Å². The molecule has 5 nitrogen and oxygen atoms in total. The van der Waals surface area contributed by atoms with E-state index in [1.54, 1.807) is 0 Å². The zero-order chi connectivity index (χ0) is 40.6. The lowest BCUT2D eigenvalue weighted by molar-refractivity contribution is 0.419. The summed E-state index contributed by atoms with van der Waals surface area (Å²) < 4.78 is 0. The number of hydrogen-bond acceptors (Lipinski definition) is 5. The quantitative estimate of drug-likeness (QED) is 0.146. The van der Waals surface area contributed by atoms with Gasteiger partial charge in [-0.2, -0.15) is 0 Å². The molecule has 9 aromatic rings. The van der Waals surface area contributed by atoms with E-state index < -0.39 is 0 Å². The van der Waals surface area contributed by atoms with Gasteiger partial charge in [-0.25, -0.2) is 24.9 Å². The molecule has 11 rings (SSSR count). The normalized spacial score (nSPS) is 16.8. The van der Waals surface area contributed by atoms with E-state index in [0.717, 1.165) is 78.8 Å². The first kappa shape index (κ1) is 36.7. The highest BCUT2D eigenvalue weighted by molar-refractivity contribution is 5.78. The standard InChI is InChI=1S/C56H43N5/c1-4-12-39(13-5-1)46-19-11-21-48(35-46)55-60-53(43-16-8-3-9-17-43)59-54(61-55)44-24-22-40(23-25-44)45-18-10-20-47(34-45)51-36-50(57-52(58-51)42-14-6-2-7-15-42)41-26-28-49(29-27-41)56-32-30-38(37-56)31-33-56/h1-29,34-36,38H,30-33,37H2. The van der Waals surface area contributed by atoms with Crippen molar-refractivity contribution in [3.8, 4) is 90.3 Å². The van der Waals surface area contributed by atoms with Crippen molar-refractivity contribution >= 4 is 0 Å². The topological polar surface area (TPSA) is 64.5 Å². The van der Waals surface area contributed by atoms with Crippen molar-refractivity contribution in [3.05, 3.63) is 200 Å². The molecule has 0 unspecified atom stereocenters. The fourth-order valence-electron chi connectivity index (χ4n) is 9.54. The highest BCUT2D eigenvalue weighted by Crippen LogP contribution is 2.55. The summed E-state index contributed by atoms with van der Waals surface area (Å²) >= 11 is 0. The minimum atomic E-state index is 0.378. The zero-order valence-corrected chi connectivity index (χ0v) is 33.8. The van der Waals surface area contributed by atoms with Gasteiger partial charge in [-0.3, -0.25) is 0 Å². The molecule has 0 saturated heterocycles. The van der Waals surface area contributed by atoms with E-state index in [1.807, 2.05) is 54.6 Å². The summed E-state index contributed by atoms with van der Waals surface area (Å²) in [6.07, 6.45) is 6.75. The van der Waals surface area contributed by atoms with Gasteiger partial charge in [0.25, 0.3) is 0 Å². The maximum atomic E-state index is 5.15. The smallest absolute Gasteiger partial charge is 0.164 e. The van der Waals surface area contributed by atoms with Crippen LogP contribution in [0.15, 0.2) is 194 Å². The molecule has 0 aliphatic heterocycles. The van der Waals surface area contributed by atoms with E-state index in [4.69, 9.17) is 24.9 Å². The summed E-state index contributed by atoms with van der Waals surface area (Å²) in [5, 5.41) is 0. The van der Waals surface area contributed by atoms with Gasteiger partial charge in [0.15, 0.2) is 23.3 Å². The number of aromatic nitrogens is 5. The maximum absolute atomic E-state index is 5.15. The minimum Gasteiger partial charge on any atom is -0.228 e.